The van der Waals surface area contributed by atoms with Gasteiger partial charge in [-0.15, -0.1) is 0 Å². The number of nitrogens with zero attached hydrogens (tertiary/aromatic N) is 6. The first kappa shape index (κ1) is 71.4. The van der Waals surface area contributed by atoms with Crippen LogP contribution in [0.25, 0.3) is 44.5 Å². The van der Waals surface area contributed by atoms with Crippen LogP contribution in [0.4, 0.5) is 102 Å². The lowest BCUT2D eigenvalue weighted by Gasteiger charge is -2.44. The Balaban J connectivity index is 0.000000155. The van der Waals surface area contributed by atoms with Crippen LogP contribution in [0, 0.1) is 0 Å². The molecular weight excluding hydrogens is 1430 g/mol. The van der Waals surface area contributed by atoms with Gasteiger partial charge in [0.25, 0.3) is 6.71 Å². The molecule has 8 heteroatoms. The van der Waals surface area contributed by atoms with Crippen LogP contribution in [0.1, 0.15) is 0 Å². The van der Waals surface area contributed by atoms with Gasteiger partial charge in [0.2, 0.25) is 0 Å². The van der Waals surface area contributed by atoms with Crippen LogP contribution >= 0.6 is 11.6 Å². The summed E-state index contributed by atoms with van der Waals surface area (Å²) in [4.78, 5) is 14.1. The molecule has 0 spiro atoms. The molecule has 116 heavy (non-hydrogen) atoms. The largest absolute Gasteiger partial charge is 0.311 e. The van der Waals surface area contributed by atoms with Gasteiger partial charge >= 0.3 is 0 Å². The molecule has 0 aromatic heterocycles. The molecule has 0 unspecified atom stereocenters. The van der Waals surface area contributed by atoms with Gasteiger partial charge in [-0.05, 0) is 231 Å². The summed E-state index contributed by atoms with van der Waals surface area (Å²) >= 11 is 7.75. The van der Waals surface area contributed by atoms with E-state index in [1.165, 1.54) is 72.5 Å². The van der Waals surface area contributed by atoms with Crippen LogP contribution in [-0.4, -0.2) is 6.71 Å². The Labute approximate surface area is 684 Å². The highest BCUT2D eigenvalue weighted by molar-refractivity contribution is 7.00. The molecule has 0 bridgehead atoms. The van der Waals surface area contributed by atoms with Gasteiger partial charge in [-0.3, -0.25) is 0 Å². The Morgan fingerprint density at radius 2 is 0.431 bits per heavy atom. The molecule has 0 atom stereocenters. The Morgan fingerprint density at radius 1 is 0.181 bits per heavy atom. The maximum absolute atomic E-state index is 7.75. The molecule has 0 amide bonds. The molecule has 18 aromatic carbocycles. The van der Waals surface area contributed by atoms with Crippen LogP contribution in [0.15, 0.2) is 473 Å². The maximum atomic E-state index is 7.75. The van der Waals surface area contributed by atoms with Gasteiger partial charge in [0.05, 0.1) is 16.4 Å². The van der Waals surface area contributed by atoms with Crippen LogP contribution < -0.4 is 45.8 Å². The zero-order valence-electron chi connectivity index (χ0n) is 63.7. The highest BCUT2D eigenvalue weighted by Gasteiger charge is 2.43. The van der Waals surface area contributed by atoms with E-state index in [0.717, 1.165) is 90.8 Å². The molecule has 0 aliphatic carbocycles. The summed E-state index contributed by atoms with van der Waals surface area (Å²) in [6.07, 6.45) is 0. The molecule has 0 saturated heterocycles. The van der Waals surface area contributed by atoms with E-state index in [1.54, 1.807) is 0 Å². The Bertz CT molecular complexity index is 6300. The average Bonchev–Trinajstić information content (AvgIpc) is 0.698. The van der Waals surface area contributed by atoms with Crippen molar-refractivity contribution in [3.05, 3.63) is 478 Å². The van der Waals surface area contributed by atoms with E-state index in [0.29, 0.717) is 5.02 Å². The topological polar surface area (TPSA) is 19.4 Å². The second kappa shape index (κ2) is 32.4. The summed E-state index contributed by atoms with van der Waals surface area (Å²) < 4.78 is 0. The quantitative estimate of drug-likeness (QED) is 0.0792. The van der Waals surface area contributed by atoms with Crippen LogP contribution in [-0.2, 0) is 0 Å². The highest BCUT2D eigenvalue weighted by Crippen LogP contribution is 2.51. The second-order valence-electron chi connectivity index (χ2n) is 28.9. The molecule has 2 aliphatic heterocycles. The fraction of sp³-hybridized carbons (Fsp3) is 0. The van der Waals surface area contributed by atoms with Crippen molar-refractivity contribution in [3.8, 4) is 44.5 Å². The lowest BCUT2D eigenvalue weighted by atomic mass is 9.33. The van der Waals surface area contributed by atoms with Gasteiger partial charge in [0, 0.05) is 91.0 Å². The normalized spacial score (nSPS) is 11.6. The lowest BCUT2D eigenvalue weighted by Crippen LogP contribution is -2.61. The molecular formula is C108H78BClN6. The van der Waals surface area contributed by atoms with E-state index in [-0.39, 0.29) is 6.71 Å². The van der Waals surface area contributed by atoms with E-state index in [9.17, 15) is 0 Å². The van der Waals surface area contributed by atoms with E-state index >= 15 is 0 Å². The average molecular weight is 1510 g/mol. The molecule has 2 heterocycles. The monoisotopic (exact) mass is 1500 g/mol. The van der Waals surface area contributed by atoms with E-state index in [2.05, 4.69) is 484 Å². The Morgan fingerprint density at radius 3 is 0.828 bits per heavy atom. The van der Waals surface area contributed by atoms with Crippen molar-refractivity contribution in [2.75, 3.05) is 29.4 Å². The molecule has 20 rings (SSSR count). The first-order valence-electron chi connectivity index (χ1n) is 39.4. The van der Waals surface area contributed by atoms with Crippen molar-refractivity contribution < 1.29 is 0 Å². The lowest BCUT2D eigenvalue weighted by molar-refractivity contribution is 1.24. The fourth-order valence-corrected chi connectivity index (χ4v) is 16.9. The minimum atomic E-state index is 0.0352. The van der Waals surface area contributed by atoms with Crippen molar-refractivity contribution in [1.82, 2.24) is 0 Å². The summed E-state index contributed by atoms with van der Waals surface area (Å²) in [5, 5.41) is 0.624. The number of rotatable bonds is 18. The van der Waals surface area contributed by atoms with Crippen molar-refractivity contribution in [2.45, 2.75) is 0 Å². The van der Waals surface area contributed by atoms with Gasteiger partial charge < -0.3 is 29.4 Å². The third kappa shape index (κ3) is 14.2. The minimum Gasteiger partial charge on any atom is -0.311 e. The van der Waals surface area contributed by atoms with Crippen LogP contribution in [0.5, 0.6) is 0 Å². The molecule has 6 nitrogen and oxygen atoms in total. The zero-order chi connectivity index (χ0) is 77.5. The third-order valence-electron chi connectivity index (χ3n) is 21.9. The number of para-hydroxylation sites is 6. The number of hydrogen-bond donors (Lipinski definition) is 0. The summed E-state index contributed by atoms with van der Waals surface area (Å²) in [5.41, 5.74) is 32.6. The molecule has 18 aromatic rings. The number of hydrogen-bond acceptors (Lipinski definition) is 6. The van der Waals surface area contributed by atoms with E-state index < -0.39 is 0 Å². The first-order chi connectivity index (χ1) is 57.5. The predicted octanol–water partition coefficient (Wildman–Crippen LogP) is 28.7. The van der Waals surface area contributed by atoms with Gasteiger partial charge in [-0.25, -0.2) is 0 Å². The predicted molar refractivity (Wildman–Crippen MR) is 492 cm³/mol. The summed E-state index contributed by atoms with van der Waals surface area (Å²) in [6.45, 7) is 0.0352. The van der Waals surface area contributed by atoms with Crippen LogP contribution in [0.2, 0.25) is 5.02 Å². The second-order valence-corrected chi connectivity index (χ2v) is 29.3. The van der Waals surface area contributed by atoms with Gasteiger partial charge in [0.15, 0.2) is 0 Å². The van der Waals surface area contributed by atoms with E-state index in [1.807, 2.05) is 18.2 Å². The highest BCUT2D eigenvalue weighted by atomic mass is 35.5. The van der Waals surface area contributed by atoms with Gasteiger partial charge in [-0.2, -0.15) is 0 Å². The molecule has 0 saturated carbocycles. The van der Waals surface area contributed by atoms with E-state index in [4.69, 9.17) is 11.6 Å². The Kier molecular flexibility index (Phi) is 20.0. The molecule has 550 valence electrons. The summed E-state index contributed by atoms with van der Waals surface area (Å²) in [6, 6.07) is 168. The molecule has 0 N–H and O–H groups in total. The molecule has 2 aliphatic rings. The van der Waals surface area contributed by atoms with Crippen molar-refractivity contribution in [1.29, 1.82) is 0 Å². The smallest absolute Gasteiger partial charge is 0.252 e. The Hall–Kier alpha value is -14.9. The zero-order valence-corrected chi connectivity index (χ0v) is 64.4. The van der Waals surface area contributed by atoms with Gasteiger partial charge in [-0.1, -0.05) is 315 Å². The standard InChI is InChI=1S/C54H38BN3.C54H40ClN3/c1-5-16-39(17-6-1)41-28-32-45(33-29-41)57-50-25-14-13-24-48(50)55-49-37-36-47(56(43-20-9-3-10-21-43)44-22-11-4-12-23-44)38-53(49)58(52-27-15-26-51(57)54(52)55)46-34-30-42(31-35-46)40-18-7-2-8-19-40;55-54-52(57(47-26-14-5-15-27-47)48-36-32-43(33-37-48)41-18-6-1-7-19-41)30-17-31-53(54)58(49-38-34-44(35-39-49)42-20-8-2-9-21-42)51-29-16-28-50(40-51)56(45-22-10-3-11-23-45)46-24-12-4-13-25-46/h1-38H;1-40H. The first-order valence-corrected chi connectivity index (χ1v) is 39.8. The number of halogens is 1. The van der Waals surface area contributed by atoms with Crippen molar-refractivity contribution in [2.24, 2.45) is 0 Å². The molecule has 0 fully saturated rings. The van der Waals surface area contributed by atoms with Gasteiger partial charge in [0.1, 0.15) is 0 Å². The van der Waals surface area contributed by atoms with Crippen molar-refractivity contribution >= 4 is 137 Å². The SMILES string of the molecule is Clc1c(N(c2ccccc2)c2ccc(-c3ccccc3)cc2)cccc1N(c1ccc(-c2ccccc2)cc1)c1cccc(N(c2ccccc2)c2ccccc2)c1.c1ccc(-c2ccc(N3c4ccccc4B4c5ccc(N(c6ccccc6)c6ccccc6)cc5N(c5ccc(-c6ccccc6)cc5)c5cccc3c54)cc2)cc1. The number of fused-ring (bicyclic) bond motifs is 4. The van der Waals surface area contributed by atoms with Crippen molar-refractivity contribution in [3.63, 3.8) is 0 Å². The maximum Gasteiger partial charge on any atom is 0.252 e. The number of benzene rings is 18. The van der Waals surface area contributed by atoms with Crippen LogP contribution in [0.3, 0.4) is 0 Å². The fourth-order valence-electron chi connectivity index (χ4n) is 16.6. The third-order valence-corrected chi connectivity index (χ3v) is 22.3. The minimum absolute atomic E-state index is 0.0352. The summed E-state index contributed by atoms with van der Waals surface area (Å²) in [5.74, 6) is 0. The summed E-state index contributed by atoms with van der Waals surface area (Å²) in [7, 11) is 0. The number of anilines is 18. The molecule has 0 radical (unpaired) electrons.